The molecule has 0 aliphatic rings. The number of hydrazine groups is 1. The molecule has 0 saturated carbocycles. The Kier molecular flexibility index (Phi) is 7.12. The number of carbonyl (C=O) groups excluding carboxylic acids is 2. The van der Waals surface area contributed by atoms with Gasteiger partial charge in [0.15, 0.2) is 19.0 Å². The van der Waals surface area contributed by atoms with Crippen molar-refractivity contribution in [3.05, 3.63) is 62.6 Å². The van der Waals surface area contributed by atoms with E-state index in [2.05, 4.69) is 26.8 Å². The number of ether oxygens (including phenoxy) is 2. The van der Waals surface area contributed by atoms with Gasteiger partial charge in [-0.2, -0.15) is 0 Å². The zero-order valence-corrected chi connectivity index (χ0v) is 15.8. The molecular formula is C17H16BrN3O6. The summed E-state index contributed by atoms with van der Waals surface area (Å²) in [7, 11) is 0. The summed E-state index contributed by atoms with van der Waals surface area (Å²) in [6.45, 7) is 1.08. The molecule has 2 rings (SSSR count). The minimum absolute atomic E-state index is 0.0436. The van der Waals surface area contributed by atoms with Gasteiger partial charge in [-0.15, -0.1) is 0 Å². The molecule has 27 heavy (non-hydrogen) atoms. The minimum Gasteiger partial charge on any atom is -0.484 e. The second-order valence-corrected chi connectivity index (χ2v) is 6.16. The summed E-state index contributed by atoms with van der Waals surface area (Å²) >= 11 is 3.36. The van der Waals surface area contributed by atoms with Gasteiger partial charge in [0.05, 0.1) is 4.92 Å². The summed E-state index contributed by atoms with van der Waals surface area (Å²) in [5.74, 6) is -0.787. The lowest BCUT2D eigenvalue weighted by molar-refractivity contribution is -0.385. The van der Waals surface area contributed by atoms with Crippen LogP contribution < -0.4 is 20.3 Å². The molecular weight excluding hydrogens is 422 g/mol. The van der Waals surface area contributed by atoms with Gasteiger partial charge in [-0.3, -0.25) is 30.6 Å². The SMILES string of the molecule is Cc1cc(OCC(=O)NNC(=O)COc2ccccc2[N+](=O)[O-])ccc1Br. The number of benzene rings is 2. The molecule has 0 saturated heterocycles. The van der Waals surface area contributed by atoms with Crippen molar-refractivity contribution < 1.29 is 24.0 Å². The highest BCUT2D eigenvalue weighted by Crippen LogP contribution is 2.25. The van der Waals surface area contributed by atoms with Gasteiger partial charge < -0.3 is 9.47 Å². The van der Waals surface area contributed by atoms with E-state index in [-0.39, 0.29) is 18.0 Å². The quantitative estimate of drug-likeness (QED) is 0.506. The average Bonchev–Trinajstić information content (AvgIpc) is 2.65. The van der Waals surface area contributed by atoms with Gasteiger partial charge >= 0.3 is 5.69 Å². The number of nitro groups is 1. The number of hydrogen-bond acceptors (Lipinski definition) is 6. The summed E-state index contributed by atoms with van der Waals surface area (Å²) < 4.78 is 11.3. The number of para-hydroxylation sites is 2. The molecule has 0 heterocycles. The Hall–Kier alpha value is -3.14. The van der Waals surface area contributed by atoms with E-state index >= 15 is 0 Å². The summed E-state index contributed by atoms with van der Waals surface area (Å²) in [4.78, 5) is 33.6. The largest absolute Gasteiger partial charge is 0.484 e. The van der Waals surface area contributed by atoms with Gasteiger partial charge in [0.25, 0.3) is 11.8 Å². The van der Waals surface area contributed by atoms with Crippen LogP contribution in [-0.2, 0) is 9.59 Å². The van der Waals surface area contributed by atoms with E-state index < -0.39 is 23.3 Å². The Bertz CT molecular complexity index is 858. The summed E-state index contributed by atoms with van der Waals surface area (Å²) in [6.07, 6.45) is 0. The van der Waals surface area contributed by atoms with Crippen LogP contribution in [0.25, 0.3) is 0 Å². The number of aryl methyl sites for hydroxylation is 1. The van der Waals surface area contributed by atoms with Crippen molar-refractivity contribution >= 4 is 33.4 Å². The van der Waals surface area contributed by atoms with E-state index in [1.54, 1.807) is 24.3 Å². The number of nitrogens with one attached hydrogen (secondary N) is 2. The summed E-state index contributed by atoms with van der Waals surface area (Å²) in [5, 5.41) is 10.9. The van der Waals surface area contributed by atoms with Gasteiger partial charge in [-0.1, -0.05) is 28.1 Å². The molecule has 2 N–H and O–H groups in total. The smallest absolute Gasteiger partial charge is 0.310 e. The molecule has 0 bridgehead atoms. The Morgan fingerprint density at radius 1 is 1.07 bits per heavy atom. The van der Waals surface area contributed by atoms with Gasteiger partial charge in [-0.25, -0.2) is 0 Å². The lowest BCUT2D eigenvalue weighted by Gasteiger charge is -2.10. The van der Waals surface area contributed by atoms with Crippen LogP contribution in [0.4, 0.5) is 5.69 Å². The molecule has 2 aromatic rings. The molecule has 0 unspecified atom stereocenters. The molecule has 0 fully saturated rings. The Balaban J connectivity index is 1.74. The van der Waals surface area contributed by atoms with E-state index in [1.165, 1.54) is 18.2 Å². The van der Waals surface area contributed by atoms with Crippen molar-refractivity contribution in [3.8, 4) is 11.5 Å². The molecule has 0 atom stereocenters. The van der Waals surface area contributed by atoms with Crippen LogP contribution in [0, 0.1) is 17.0 Å². The van der Waals surface area contributed by atoms with Crippen molar-refractivity contribution in [2.45, 2.75) is 6.92 Å². The molecule has 0 aliphatic heterocycles. The maximum absolute atomic E-state index is 11.7. The van der Waals surface area contributed by atoms with Crippen molar-refractivity contribution in [1.82, 2.24) is 10.9 Å². The Morgan fingerprint density at radius 3 is 2.33 bits per heavy atom. The zero-order valence-electron chi connectivity index (χ0n) is 14.2. The molecule has 9 nitrogen and oxygen atoms in total. The monoisotopic (exact) mass is 437 g/mol. The number of nitro benzene ring substituents is 1. The normalized spacial score (nSPS) is 10.0. The molecule has 0 spiro atoms. The van der Waals surface area contributed by atoms with E-state index in [0.29, 0.717) is 5.75 Å². The van der Waals surface area contributed by atoms with Crippen molar-refractivity contribution in [3.63, 3.8) is 0 Å². The third-order valence-corrected chi connectivity index (χ3v) is 4.15. The van der Waals surface area contributed by atoms with Crippen LogP contribution in [0.5, 0.6) is 11.5 Å². The Labute approximate surface area is 162 Å². The van der Waals surface area contributed by atoms with Gasteiger partial charge in [-0.05, 0) is 36.8 Å². The molecule has 10 heteroatoms. The van der Waals surface area contributed by atoms with Crippen LogP contribution >= 0.6 is 15.9 Å². The first-order chi connectivity index (χ1) is 12.9. The standard InChI is InChI=1S/C17H16BrN3O6/c1-11-8-12(6-7-13(11)18)26-9-16(22)19-20-17(23)10-27-15-5-3-2-4-14(15)21(24)25/h2-8H,9-10H2,1H3,(H,19,22)(H,20,23). The minimum atomic E-state index is -0.680. The van der Waals surface area contributed by atoms with Crippen molar-refractivity contribution in [1.29, 1.82) is 0 Å². The van der Waals surface area contributed by atoms with E-state index in [9.17, 15) is 19.7 Å². The zero-order chi connectivity index (χ0) is 19.8. The summed E-state index contributed by atoms with van der Waals surface area (Å²) in [6, 6.07) is 10.9. The highest BCUT2D eigenvalue weighted by atomic mass is 79.9. The number of carbonyl (C=O) groups is 2. The molecule has 2 amide bonds. The fraction of sp³-hybridized carbons (Fsp3) is 0.176. The van der Waals surface area contributed by atoms with Crippen LogP contribution in [0.15, 0.2) is 46.9 Å². The number of amides is 2. The fourth-order valence-corrected chi connectivity index (χ4v) is 2.19. The van der Waals surface area contributed by atoms with Crippen LogP contribution in [0.3, 0.4) is 0 Å². The number of halogens is 1. The second-order valence-electron chi connectivity index (χ2n) is 5.31. The molecule has 0 aliphatic carbocycles. The first-order valence-electron chi connectivity index (χ1n) is 7.69. The molecule has 2 aromatic carbocycles. The van der Waals surface area contributed by atoms with Crippen molar-refractivity contribution in [2.24, 2.45) is 0 Å². The molecule has 142 valence electrons. The molecule has 0 radical (unpaired) electrons. The van der Waals surface area contributed by atoms with Crippen LogP contribution in [-0.4, -0.2) is 30.0 Å². The summed E-state index contributed by atoms with van der Waals surface area (Å²) in [5.41, 5.74) is 5.00. The maximum atomic E-state index is 11.7. The third-order valence-electron chi connectivity index (χ3n) is 3.26. The molecule has 0 aromatic heterocycles. The van der Waals surface area contributed by atoms with E-state index in [0.717, 1.165) is 10.0 Å². The predicted octanol–water partition coefficient (Wildman–Crippen LogP) is 2.27. The van der Waals surface area contributed by atoms with Crippen LogP contribution in [0.1, 0.15) is 5.56 Å². The Morgan fingerprint density at radius 2 is 1.70 bits per heavy atom. The van der Waals surface area contributed by atoms with Crippen molar-refractivity contribution in [2.75, 3.05) is 13.2 Å². The number of rotatable bonds is 7. The second kappa shape index (κ2) is 9.53. The first kappa shape index (κ1) is 20.2. The number of nitrogens with zero attached hydrogens (tertiary/aromatic N) is 1. The van der Waals surface area contributed by atoms with E-state index in [4.69, 9.17) is 9.47 Å². The lowest BCUT2D eigenvalue weighted by atomic mass is 10.2. The van der Waals surface area contributed by atoms with Gasteiger partial charge in [0.1, 0.15) is 5.75 Å². The highest BCUT2D eigenvalue weighted by Gasteiger charge is 2.15. The third kappa shape index (κ3) is 6.26. The first-order valence-corrected chi connectivity index (χ1v) is 8.49. The van der Waals surface area contributed by atoms with Gasteiger partial charge in [0.2, 0.25) is 0 Å². The van der Waals surface area contributed by atoms with Crippen LogP contribution in [0.2, 0.25) is 0 Å². The number of hydrogen-bond donors (Lipinski definition) is 2. The maximum Gasteiger partial charge on any atom is 0.310 e. The topological polar surface area (TPSA) is 120 Å². The highest BCUT2D eigenvalue weighted by molar-refractivity contribution is 9.10. The van der Waals surface area contributed by atoms with Gasteiger partial charge in [0, 0.05) is 10.5 Å². The van der Waals surface area contributed by atoms with E-state index in [1.807, 2.05) is 6.92 Å². The fourth-order valence-electron chi connectivity index (χ4n) is 1.94. The average molecular weight is 438 g/mol. The predicted molar refractivity (Wildman–Crippen MR) is 99.3 cm³/mol. The lowest BCUT2D eigenvalue weighted by Crippen LogP contribution is -2.45.